The molecule has 3 heterocycles. The highest BCUT2D eigenvalue weighted by Crippen LogP contribution is 2.39. The van der Waals surface area contributed by atoms with Crippen LogP contribution in [-0.2, 0) is 13.1 Å². The molecule has 0 fully saturated rings. The van der Waals surface area contributed by atoms with Crippen molar-refractivity contribution in [2.24, 2.45) is 0 Å². The van der Waals surface area contributed by atoms with Crippen LogP contribution in [0.4, 0.5) is 8.78 Å². The monoisotopic (exact) mass is 534 g/mol. The second-order valence-corrected chi connectivity index (χ2v) is 9.55. The van der Waals surface area contributed by atoms with Crippen molar-refractivity contribution in [1.29, 1.82) is 0 Å². The molecule has 7 nitrogen and oxygen atoms in total. The second kappa shape index (κ2) is 10.9. The van der Waals surface area contributed by atoms with E-state index < -0.39 is 6.43 Å². The number of nitrogens with one attached hydrogen (secondary N) is 2. The minimum absolute atomic E-state index is 0.0763. The third-order valence-electron chi connectivity index (χ3n) is 7.09. The fourth-order valence-corrected chi connectivity index (χ4v) is 5.12. The van der Waals surface area contributed by atoms with E-state index in [1.807, 2.05) is 71.3 Å². The first-order valence-corrected chi connectivity index (χ1v) is 13.1. The first kappa shape index (κ1) is 25.2. The van der Waals surface area contributed by atoms with Crippen molar-refractivity contribution in [1.82, 2.24) is 10.3 Å². The maximum Gasteiger partial charge on any atom is 0.302 e. The zero-order valence-electron chi connectivity index (χ0n) is 21.6. The number of imidazole rings is 1. The number of aromatic amines is 1. The number of hydrogen-bond acceptors (Lipinski definition) is 5. The molecule has 2 aliphatic heterocycles. The molecule has 3 aromatic carbocycles. The first-order chi connectivity index (χ1) is 19.1. The summed E-state index contributed by atoms with van der Waals surface area (Å²) in [4.78, 5) is 3.05. The van der Waals surface area contributed by atoms with E-state index in [2.05, 4.69) is 17.2 Å². The number of H-pyrrole nitrogens is 1. The van der Waals surface area contributed by atoms with Crippen molar-refractivity contribution in [2.45, 2.75) is 45.3 Å². The number of ether oxygens (including phenoxy) is 4. The predicted octanol–water partition coefficient (Wildman–Crippen LogP) is 6.04. The molecule has 0 aliphatic carbocycles. The lowest BCUT2D eigenvalue weighted by Crippen LogP contribution is -2.41. The molecular formula is C30H30F2N3O4+. The Kier molecular flexibility index (Phi) is 7.06. The van der Waals surface area contributed by atoms with Gasteiger partial charge in [0.05, 0.1) is 24.7 Å². The van der Waals surface area contributed by atoms with Crippen molar-refractivity contribution in [2.75, 3.05) is 13.6 Å². The summed E-state index contributed by atoms with van der Waals surface area (Å²) < 4.78 is 53.0. The van der Waals surface area contributed by atoms with Gasteiger partial charge in [-0.3, -0.25) is 5.32 Å². The molecule has 39 heavy (non-hydrogen) atoms. The Bertz CT molecular complexity index is 1400. The number of halogens is 2. The number of nitrogens with zero attached hydrogens (tertiary/aromatic N) is 1. The molecule has 6 rings (SSSR count). The van der Waals surface area contributed by atoms with Crippen molar-refractivity contribution in [3.63, 3.8) is 0 Å². The van der Waals surface area contributed by atoms with E-state index in [0.717, 1.165) is 29.5 Å². The number of benzene rings is 3. The minimum Gasteiger partial charge on any atom is -0.454 e. The summed E-state index contributed by atoms with van der Waals surface area (Å²) in [5.74, 6) is 3.34. The third kappa shape index (κ3) is 5.02. The van der Waals surface area contributed by atoms with Gasteiger partial charge in [-0.15, -0.1) is 0 Å². The van der Waals surface area contributed by atoms with Crippen LogP contribution in [0.1, 0.15) is 54.7 Å². The predicted molar refractivity (Wildman–Crippen MR) is 140 cm³/mol. The highest BCUT2D eigenvalue weighted by atomic mass is 19.3. The van der Waals surface area contributed by atoms with Crippen LogP contribution in [-0.4, -0.2) is 18.6 Å². The Hall–Kier alpha value is -4.11. The normalized spacial score (nSPS) is 13.6. The van der Waals surface area contributed by atoms with Gasteiger partial charge in [0, 0.05) is 0 Å². The van der Waals surface area contributed by atoms with E-state index in [1.165, 1.54) is 0 Å². The highest BCUT2D eigenvalue weighted by Gasteiger charge is 2.32. The Morgan fingerprint density at radius 2 is 1.46 bits per heavy atom. The quantitative estimate of drug-likeness (QED) is 0.243. The average molecular weight is 535 g/mol. The summed E-state index contributed by atoms with van der Waals surface area (Å²) in [5, 5.41) is 3.56. The fourth-order valence-electron chi connectivity index (χ4n) is 5.12. The zero-order chi connectivity index (χ0) is 26.8. The lowest BCUT2D eigenvalue weighted by Gasteiger charge is -2.20. The van der Waals surface area contributed by atoms with Gasteiger partial charge in [-0.2, -0.15) is 0 Å². The van der Waals surface area contributed by atoms with Crippen LogP contribution >= 0.6 is 0 Å². The third-order valence-corrected chi connectivity index (χ3v) is 7.09. The summed E-state index contributed by atoms with van der Waals surface area (Å²) in [6.45, 7) is 3.26. The van der Waals surface area contributed by atoms with Gasteiger partial charge in [0.1, 0.15) is 0 Å². The van der Waals surface area contributed by atoms with Gasteiger partial charge in [-0.05, 0) is 53.9 Å². The van der Waals surface area contributed by atoms with Gasteiger partial charge in [-0.25, -0.2) is 18.3 Å². The van der Waals surface area contributed by atoms with E-state index in [-0.39, 0.29) is 31.9 Å². The molecule has 0 saturated heterocycles. The van der Waals surface area contributed by atoms with E-state index in [1.54, 1.807) is 0 Å². The lowest BCUT2D eigenvalue weighted by molar-refractivity contribution is -0.693. The Morgan fingerprint density at radius 1 is 0.846 bits per heavy atom. The molecule has 0 amide bonds. The molecule has 0 saturated carbocycles. The van der Waals surface area contributed by atoms with Gasteiger partial charge in [0.25, 0.3) is 5.82 Å². The molecule has 0 bridgehead atoms. The average Bonchev–Trinajstić information content (AvgIpc) is 3.70. The Labute approximate surface area is 225 Å². The zero-order valence-corrected chi connectivity index (χ0v) is 21.6. The highest BCUT2D eigenvalue weighted by molar-refractivity contribution is 5.53. The van der Waals surface area contributed by atoms with Gasteiger partial charge in [0.2, 0.25) is 19.3 Å². The van der Waals surface area contributed by atoms with Crippen molar-refractivity contribution in [3.8, 4) is 34.4 Å². The topological polar surface area (TPSA) is 68.6 Å². The molecule has 2 N–H and O–H groups in total. The fraction of sp³-hybridized carbons (Fsp3) is 0.300. The van der Waals surface area contributed by atoms with Crippen molar-refractivity contribution >= 4 is 0 Å². The number of hydrogen-bond donors (Lipinski definition) is 2. The molecule has 0 radical (unpaired) electrons. The van der Waals surface area contributed by atoms with Gasteiger partial charge in [0.15, 0.2) is 28.7 Å². The number of fused-ring (bicyclic) bond motifs is 2. The molecule has 0 atom stereocenters. The summed E-state index contributed by atoms with van der Waals surface area (Å²) >= 11 is 0. The Morgan fingerprint density at radius 3 is 2.05 bits per heavy atom. The van der Waals surface area contributed by atoms with Crippen LogP contribution < -0.4 is 28.8 Å². The second-order valence-electron chi connectivity index (χ2n) is 9.55. The van der Waals surface area contributed by atoms with E-state index >= 15 is 0 Å². The number of rotatable bonds is 10. The van der Waals surface area contributed by atoms with Gasteiger partial charge < -0.3 is 18.9 Å². The van der Waals surface area contributed by atoms with E-state index in [9.17, 15) is 8.78 Å². The standard InChI is InChI=1S/C30H29F2N3O4/c1-2-3-13-35-22(28(29(31)32)34-30(35)19-7-5-4-6-8-19)16-33-27(20-9-11-23-25(14-20)38-17-36-23)21-10-12-24-26(15-21)39-18-37-24/h4-12,14-15,27,29,33H,2-3,13,16-18H2,1H3/p+1. The lowest BCUT2D eigenvalue weighted by atomic mass is 9.97. The van der Waals surface area contributed by atoms with Crippen LogP contribution in [0.3, 0.4) is 0 Å². The van der Waals surface area contributed by atoms with Crippen LogP contribution in [0.25, 0.3) is 11.4 Å². The molecule has 0 spiro atoms. The molecule has 2 aliphatic rings. The molecule has 0 unspecified atom stereocenters. The van der Waals surface area contributed by atoms with Crippen molar-refractivity contribution < 1.29 is 32.3 Å². The SMILES string of the molecule is CCCC[n+]1c(-c2ccccc2)[nH]c(C(F)F)c1CNC(c1ccc2c(c1)OCO2)c1ccc2c(c1)OCO2. The summed E-state index contributed by atoms with van der Waals surface area (Å²) in [6, 6.07) is 20.8. The van der Waals surface area contributed by atoms with Crippen LogP contribution in [0, 0.1) is 0 Å². The van der Waals surface area contributed by atoms with Crippen LogP contribution in [0.15, 0.2) is 66.7 Å². The minimum atomic E-state index is -2.65. The number of aromatic nitrogens is 2. The summed E-state index contributed by atoms with van der Waals surface area (Å²) in [5.41, 5.74) is 3.15. The molecule has 1 aromatic heterocycles. The summed E-state index contributed by atoms with van der Waals surface area (Å²) in [6.07, 6.45) is -0.840. The van der Waals surface area contributed by atoms with E-state index in [4.69, 9.17) is 18.9 Å². The molecule has 202 valence electrons. The maximum atomic E-state index is 14.4. The molecule has 9 heteroatoms. The first-order valence-electron chi connectivity index (χ1n) is 13.1. The Balaban J connectivity index is 1.39. The van der Waals surface area contributed by atoms with Crippen LogP contribution in [0.5, 0.6) is 23.0 Å². The van der Waals surface area contributed by atoms with Crippen LogP contribution in [0.2, 0.25) is 0 Å². The molecule has 4 aromatic rings. The summed E-state index contributed by atoms with van der Waals surface area (Å²) in [7, 11) is 0. The number of alkyl halides is 2. The largest absolute Gasteiger partial charge is 0.454 e. The maximum absolute atomic E-state index is 14.4. The van der Waals surface area contributed by atoms with Crippen molar-refractivity contribution in [3.05, 3.63) is 89.2 Å². The van der Waals surface area contributed by atoms with E-state index in [0.29, 0.717) is 41.1 Å². The van der Waals surface area contributed by atoms with Gasteiger partial charge in [-0.1, -0.05) is 43.7 Å². The number of unbranched alkanes of at least 4 members (excludes halogenated alkanes) is 1. The van der Waals surface area contributed by atoms with Gasteiger partial charge >= 0.3 is 6.43 Å². The smallest absolute Gasteiger partial charge is 0.302 e. The molecular weight excluding hydrogens is 504 g/mol.